The minimum absolute atomic E-state index is 0.199. The average Bonchev–Trinajstić information content (AvgIpc) is 3.05. The van der Waals surface area contributed by atoms with Gasteiger partial charge < -0.3 is 10.4 Å². The lowest BCUT2D eigenvalue weighted by Gasteiger charge is -2.23. The van der Waals surface area contributed by atoms with E-state index in [9.17, 15) is 19.7 Å². The predicted molar refractivity (Wildman–Crippen MR) is 89.9 cm³/mol. The molecule has 0 saturated carbocycles. The number of aromatic nitrogens is 2. The molecular weight excluding hydrogens is 328 g/mol. The van der Waals surface area contributed by atoms with E-state index in [1.54, 1.807) is 38.1 Å². The molecule has 0 radical (unpaired) electrons. The summed E-state index contributed by atoms with van der Waals surface area (Å²) < 4.78 is 1.23. The highest BCUT2D eigenvalue weighted by Gasteiger charge is 2.32. The Kier molecular flexibility index (Phi) is 4.97. The number of nitro groups is 1. The number of aliphatic carboxylic acids is 1. The zero-order valence-corrected chi connectivity index (χ0v) is 13.5. The van der Waals surface area contributed by atoms with Crippen LogP contribution in [0, 0.1) is 10.1 Å². The van der Waals surface area contributed by atoms with Crippen LogP contribution in [0.3, 0.4) is 0 Å². The normalized spacial score (nSPS) is 11.4. The molecule has 0 saturated heterocycles. The summed E-state index contributed by atoms with van der Waals surface area (Å²) in [6, 6.07) is 6.56. The Bertz CT molecular complexity index is 836. The lowest BCUT2D eigenvalue weighted by atomic mass is 10.0. The molecule has 2 aromatic rings. The molecule has 1 amide bonds. The highest BCUT2D eigenvalue weighted by Crippen LogP contribution is 2.21. The number of anilines is 1. The van der Waals surface area contributed by atoms with Crippen molar-refractivity contribution in [3.63, 3.8) is 0 Å². The summed E-state index contributed by atoms with van der Waals surface area (Å²) in [7, 11) is 0. The second-order valence-electron chi connectivity index (χ2n) is 5.71. The number of nitrogens with one attached hydrogen (secondary N) is 1. The predicted octanol–water partition coefficient (Wildman–Crippen LogP) is 2.26. The molecule has 0 aliphatic carbocycles. The van der Waals surface area contributed by atoms with Crippen molar-refractivity contribution in [3.8, 4) is 0 Å². The number of benzene rings is 1. The molecule has 0 spiro atoms. The van der Waals surface area contributed by atoms with Crippen LogP contribution in [-0.4, -0.2) is 31.7 Å². The molecule has 9 heteroatoms. The number of carbonyl (C=O) groups is 2. The van der Waals surface area contributed by atoms with E-state index in [1.165, 1.54) is 17.0 Å². The second kappa shape index (κ2) is 6.95. The van der Waals surface area contributed by atoms with Gasteiger partial charge in [0.05, 0.1) is 4.92 Å². The monoisotopic (exact) mass is 344 g/mol. The minimum atomic E-state index is -1.14. The van der Waals surface area contributed by atoms with Crippen molar-refractivity contribution in [1.29, 1.82) is 0 Å². The summed E-state index contributed by atoms with van der Waals surface area (Å²) in [4.78, 5) is 33.1. The van der Waals surface area contributed by atoms with Crippen LogP contribution in [0.5, 0.6) is 0 Å². The molecular formula is C16H16N4O5. The third-order valence-corrected chi connectivity index (χ3v) is 3.50. The van der Waals surface area contributed by atoms with Crippen molar-refractivity contribution in [2.45, 2.75) is 19.4 Å². The van der Waals surface area contributed by atoms with Crippen LogP contribution in [0.25, 0.3) is 6.08 Å². The molecule has 0 unspecified atom stereocenters. The first-order valence-corrected chi connectivity index (χ1v) is 7.22. The maximum Gasteiger partial charge on any atom is 0.328 e. The van der Waals surface area contributed by atoms with Crippen LogP contribution >= 0.6 is 0 Å². The van der Waals surface area contributed by atoms with Gasteiger partial charge in [-0.2, -0.15) is 5.10 Å². The number of hydrogen-bond acceptors (Lipinski definition) is 5. The highest BCUT2D eigenvalue weighted by molar-refractivity contribution is 5.96. The molecule has 9 nitrogen and oxygen atoms in total. The van der Waals surface area contributed by atoms with Crippen LogP contribution in [-0.2, 0) is 15.1 Å². The van der Waals surface area contributed by atoms with Gasteiger partial charge in [-0.05, 0) is 37.6 Å². The number of rotatable bonds is 6. The van der Waals surface area contributed by atoms with E-state index >= 15 is 0 Å². The van der Waals surface area contributed by atoms with Crippen molar-refractivity contribution in [3.05, 3.63) is 58.4 Å². The molecule has 0 aliphatic rings. The van der Waals surface area contributed by atoms with E-state index < -0.39 is 22.3 Å². The summed E-state index contributed by atoms with van der Waals surface area (Å²) >= 11 is 0. The van der Waals surface area contributed by atoms with E-state index in [1.807, 2.05) is 0 Å². The summed E-state index contributed by atoms with van der Waals surface area (Å²) in [5.74, 6) is -1.45. The molecule has 1 heterocycles. The zero-order chi connectivity index (χ0) is 18.6. The number of carboxylic acids is 1. The molecule has 130 valence electrons. The van der Waals surface area contributed by atoms with E-state index in [2.05, 4.69) is 10.4 Å². The van der Waals surface area contributed by atoms with E-state index in [-0.39, 0.29) is 5.69 Å². The maximum atomic E-state index is 12.5. The van der Waals surface area contributed by atoms with Gasteiger partial charge in [-0.1, -0.05) is 12.1 Å². The number of amides is 1. The number of nitrogens with zero attached hydrogens (tertiary/aromatic N) is 3. The number of carboxylic acid groups (broad SMARTS) is 1. The van der Waals surface area contributed by atoms with Crippen molar-refractivity contribution in [2.24, 2.45) is 0 Å². The Balaban J connectivity index is 2.11. The quantitative estimate of drug-likeness (QED) is 0.470. The van der Waals surface area contributed by atoms with Crippen molar-refractivity contribution in [1.82, 2.24) is 9.78 Å². The number of hydrogen-bond donors (Lipinski definition) is 2. The highest BCUT2D eigenvalue weighted by atomic mass is 16.6. The van der Waals surface area contributed by atoms with Crippen LogP contribution in [0.2, 0.25) is 0 Å². The van der Waals surface area contributed by atoms with Gasteiger partial charge >= 0.3 is 11.7 Å². The van der Waals surface area contributed by atoms with Gasteiger partial charge in [-0.3, -0.25) is 19.6 Å². The molecule has 2 rings (SSSR count). The van der Waals surface area contributed by atoms with E-state index in [4.69, 9.17) is 5.11 Å². The molecule has 0 fully saturated rings. The van der Waals surface area contributed by atoms with E-state index in [0.717, 1.165) is 12.3 Å². The molecule has 0 bridgehead atoms. The first-order chi connectivity index (χ1) is 11.7. The molecule has 25 heavy (non-hydrogen) atoms. The van der Waals surface area contributed by atoms with Crippen molar-refractivity contribution >= 4 is 29.3 Å². The summed E-state index contributed by atoms with van der Waals surface area (Å²) in [6.45, 7) is 3.17. The first-order valence-electron chi connectivity index (χ1n) is 7.22. The molecule has 2 N–H and O–H groups in total. The van der Waals surface area contributed by atoms with Crippen LogP contribution < -0.4 is 5.32 Å². The standard InChI is InChI=1S/C16H16N4O5/c1-16(2,19-10-13(9-17-19)20(24)25)15(23)18-12-6-3-11(4-7-12)5-8-14(21)22/h3-10H,1-2H3,(H,18,23)(H,21,22). The maximum absolute atomic E-state index is 12.5. The Morgan fingerprint density at radius 2 is 1.96 bits per heavy atom. The van der Waals surface area contributed by atoms with Crippen LogP contribution in [0.15, 0.2) is 42.7 Å². The van der Waals surface area contributed by atoms with Gasteiger partial charge in [0.2, 0.25) is 0 Å². The minimum Gasteiger partial charge on any atom is -0.478 e. The van der Waals surface area contributed by atoms with E-state index in [0.29, 0.717) is 11.3 Å². The van der Waals surface area contributed by atoms with Crippen LogP contribution in [0.4, 0.5) is 11.4 Å². The van der Waals surface area contributed by atoms with Crippen molar-refractivity contribution in [2.75, 3.05) is 5.32 Å². The fourth-order valence-electron chi connectivity index (χ4n) is 1.95. The zero-order valence-electron chi connectivity index (χ0n) is 13.5. The molecule has 1 aromatic heterocycles. The van der Waals surface area contributed by atoms with Gasteiger partial charge in [-0.25, -0.2) is 4.79 Å². The van der Waals surface area contributed by atoms with Gasteiger partial charge in [0, 0.05) is 11.8 Å². The second-order valence-corrected chi connectivity index (χ2v) is 5.71. The third-order valence-electron chi connectivity index (χ3n) is 3.50. The summed E-state index contributed by atoms with van der Waals surface area (Å²) in [5, 5.41) is 25.9. The Labute approximate surface area is 142 Å². The van der Waals surface area contributed by atoms with Gasteiger partial charge in [0.25, 0.3) is 5.91 Å². The lowest BCUT2D eigenvalue weighted by molar-refractivity contribution is -0.385. The Morgan fingerprint density at radius 1 is 1.32 bits per heavy atom. The van der Waals surface area contributed by atoms with Gasteiger partial charge in [0.1, 0.15) is 17.9 Å². The molecule has 0 aliphatic heterocycles. The summed E-state index contributed by atoms with van der Waals surface area (Å²) in [5.41, 5.74) is -0.166. The Morgan fingerprint density at radius 3 is 2.48 bits per heavy atom. The fourth-order valence-corrected chi connectivity index (χ4v) is 1.95. The smallest absolute Gasteiger partial charge is 0.328 e. The Hall–Kier alpha value is -3.49. The number of carbonyl (C=O) groups excluding carboxylic acids is 1. The molecule has 0 atom stereocenters. The lowest BCUT2D eigenvalue weighted by Crippen LogP contribution is -2.40. The SMILES string of the molecule is CC(C)(C(=O)Nc1ccc(C=CC(=O)O)cc1)n1cc([N+](=O)[O-])cn1. The van der Waals surface area contributed by atoms with Crippen LogP contribution in [0.1, 0.15) is 19.4 Å². The van der Waals surface area contributed by atoms with Crippen molar-refractivity contribution < 1.29 is 19.6 Å². The summed E-state index contributed by atoms with van der Waals surface area (Å²) in [6.07, 6.45) is 4.72. The average molecular weight is 344 g/mol. The fraction of sp³-hybridized carbons (Fsp3) is 0.188. The topological polar surface area (TPSA) is 127 Å². The van der Waals surface area contributed by atoms with Gasteiger partial charge in [-0.15, -0.1) is 0 Å². The van der Waals surface area contributed by atoms with Gasteiger partial charge in [0.15, 0.2) is 0 Å². The largest absolute Gasteiger partial charge is 0.478 e. The third kappa shape index (κ3) is 4.28. The molecule has 1 aromatic carbocycles. The first kappa shape index (κ1) is 17.9.